The van der Waals surface area contributed by atoms with E-state index in [1.807, 2.05) is 0 Å². The van der Waals surface area contributed by atoms with E-state index in [0.717, 1.165) is 0 Å². The minimum Gasteiger partial charge on any atom is -0.118 e. The maximum atomic E-state index is 2.33. The molecule has 0 saturated carbocycles. The molecule has 0 fully saturated rings. The third-order valence-corrected chi connectivity index (χ3v) is 0. The summed E-state index contributed by atoms with van der Waals surface area (Å²) in [6.07, 6.45) is 0. The molecule has 0 aliphatic rings. The van der Waals surface area contributed by atoms with E-state index in [0.29, 0.717) is 0 Å². The Labute approximate surface area is 81.7 Å². The van der Waals surface area contributed by atoms with Crippen LogP contribution in [0.15, 0.2) is 0 Å². The van der Waals surface area contributed by atoms with Crippen molar-refractivity contribution in [2.45, 2.75) is 0 Å². The van der Waals surface area contributed by atoms with Crippen LogP contribution in [0.2, 0.25) is 0 Å². The zero-order chi connectivity index (χ0) is 2.00. The van der Waals surface area contributed by atoms with Gasteiger partial charge in [-0.15, -0.1) is 17.9 Å². The fourth-order valence-electron chi connectivity index (χ4n) is 0. The summed E-state index contributed by atoms with van der Waals surface area (Å²) in [5.41, 5.74) is 0. The number of hydrogen-bond acceptors (Lipinski definition) is 0. The molecule has 0 spiro atoms. The van der Waals surface area contributed by atoms with Crippen LogP contribution in [0, 0.1) is 0 Å². The minimum absolute atomic E-state index is 0. The molecule has 0 amide bonds. The normalized spacial score (nSPS) is 1.50. The first-order valence-corrected chi connectivity index (χ1v) is 3.00. The van der Waals surface area contributed by atoms with Gasteiger partial charge in [-0.25, -0.2) is 0 Å². The smallest absolute Gasteiger partial charge is 0 e. The van der Waals surface area contributed by atoms with Gasteiger partial charge in [-0.05, 0) is 0 Å². The molecule has 0 aromatic carbocycles. The second-order valence-corrected chi connectivity index (χ2v) is 0. The van der Waals surface area contributed by atoms with Crippen molar-refractivity contribution in [1.82, 2.24) is 0 Å². The van der Waals surface area contributed by atoms with Crippen LogP contribution < -0.4 is 0 Å². The van der Waals surface area contributed by atoms with E-state index in [2.05, 4.69) is 17.9 Å². The topological polar surface area (TPSA) is 0 Å². The second kappa shape index (κ2) is 16.6. The third-order valence-electron chi connectivity index (χ3n) is 0. The van der Waals surface area contributed by atoms with Crippen LogP contribution >= 0.6 is 17.9 Å². The Kier molecular flexibility index (Phi) is 65.1. The Hall–Kier alpha value is 3.07. The molecule has 0 nitrogen and oxygen atoms in total. The standard InChI is InChI=1S/H4P2.2Y/c1-2;;/h1-2H2;;. The SMILES string of the molecule is PP.[Y].[Y]. The van der Waals surface area contributed by atoms with E-state index in [9.17, 15) is 0 Å². The van der Waals surface area contributed by atoms with Gasteiger partial charge in [-0.1, -0.05) is 0 Å². The molecule has 4 heteroatoms. The van der Waals surface area contributed by atoms with Crippen molar-refractivity contribution >= 4 is 17.9 Å². The number of rotatable bonds is 0. The van der Waals surface area contributed by atoms with Gasteiger partial charge in [0, 0.05) is 65.4 Å². The van der Waals surface area contributed by atoms with E-state index in [1.54, 1.807) is 0 Å². The minimum atomic E-state index is 0. The van der Waals surface area contributed by atoms with Crippen LogP contribution in [0.25, 0.3) is 0 Å². The molecule has 4 heavy (non-hydrogen) atoms. The molecule has 0 rings (SSSR count). The van der Waals surface area contributed by atoms with Gasteiger partial charge in [-0.2, -0.15) is 0 Å². The number of hydrogen-bond donors (Lipinski definition) is 0. The van der Waals surface area contributed by atoms with Crippen molar-refractivity contribution in [2.24, 2.45) is 0 Å². The molecular weight excluding hydrogens is 240 g/mol. The predicted octanol–water partition coefficient (Wildman–Crippen LogP) is 0.647. The van der Waals surface area contributed by atoms with Crippen LogP contribution in [0.3, 0.4) is 0 Å². The first kappa shape index (κ1) is 15.7. The molecule has 0 aliphatic heterocycles. The Morgan fingerprint density at radius 1 is 0.750 bits per heavy atom. The van der Waals surface area contributed by atoms with E-state index in [4.69, 9.17) is 0 Å². The Morgan fingerprint density at radius 3 is 0.750 bits per heavy atom. The third kappa shape index (κ3) is 8.91. The van der Waals surface area contributed by atoms with Crippen molar-refractivity contribution in [3.05, 3.63) is 0 Å². The fraction of sp³-hybridized carbons (Fsp3) is 0. The molecule has 20 valence electrons. The van der Waals surface area contributed by atoms with Gasteiger partial charge < -0.3 is 0 Å². The van der Waals surface area contributed by atoms with Gasteiger partial charge >= 0.3 is 0 Å². The molecule has 0 aromatic heterocycles. The summed E-state index contributed by atoms with van der Waals surface area (Å²) in [4.78, 5) is 0. The van der Waals surface area contributed by atoms with Crippen LogP contribution in [0.5, 0.6) is 0 Å². The zero-order valence-corrected chi connectivity index (χ0v) is 10.3. The Balaban J connectivity index is -0.00000000500. The monoisotopic (exact) mass is 244 g/mol. The summed E-state index contributed by atoms with van der Waals surface area (Å²) in [5.74, 6) is 0. The first-order valence-electron chi connectivity index (χ1n) is 0.333. The van der Waals surface area contributed by atoms with Crippen LogP contribution in [-0.2, 0) is 65.4 Å². The first-order chi connectivity index (χ1) is 1.00. The van der Waals surface area contributed by atoms with Crippen LogP contribution in [0.1, 0.15) is 0 Å². The van der Waals surface area contributed by atoms with E-state index in [-0.39, 0.29) is 65.4 Å². The molecular formula is H4P2Y2. The van der Waals surface area contributed by atoms with Crippen LogP contribution in [0.4, 0.5) is 0 Å². The average Bonchev–Trinajstić information content (AvgIpc) is 1.00. The molecule has 0 N–H and O–H groups in total. The quantitative estimate of drug-likeness (QED) is 0.548. The van der Waals surface area contributed by atoms with Crippen molar-refractivity contribution in [3.63, 3.8) is 0 Å². The van der Waals surface area contributed by atoms with Gasteiger partial charge in [0.2, 0.25) is 0 Å². The summed E-state index contributed by atoms with van der Waals surface area (Å²) >= 11 is 0. The Bertz CT molecular complexity index is 4.00. The summed E-state index contributed by atoms with van der Waals surface area (Å²) in [6, 6.07) is 0. The fourth-order valence-corrected chi connectivity index (χ4v) is 0. The van der Waals surface area contributed by atoms with E-state index < -0.39 is 0 Å². The van der Waals surface area contributed by atoms with Crippen molar-refractivity contribution in [3.8, 4) is 0 Å². The van der Waals surface area contributed by atoms with Crippen molar-refractivity contribution in [2.75, 3.05) is 0 Å². The molecule has 0 aliphatic carbocycles. The Morgan fingerprint density at radius 2 is 0.750 bits per heavy atom. The molecule has 0 heterocycles. The summed E-state index contributed by atoms with van der Waals surface area (Å²) in [6.45, 7) is 0. The maximum Gasteiger partial charge on any atom is 0 e. The van der Waals surface area contributed by atoms with Gasteiger partial charge in [0.15, 0.2) is 0 Å². The summed E-state index contributed by atoms with van der Waals surface area (Å²) in [7, 11) is 4.67. The summed E-state index contributed by atoms with van der Waals surface area (Å²) in [5, 5.41) is 0. The summed E-state index contributed by atoms with van der Waals surface area (Å²) < 4.78 is 0. The van der Waals surface area contributed by atoms with Crippen molar-refractivity contribution in [1.29, 1.82) is 0 Å². The molecule has 2 atom stereocenters. The van der Waals surface area contributed by atoms with Crippen LogP contribution in [-0.4, -0.2) is 0 Å². The molecule has 0 aromatic rings. The molecule has 0 saturated heterocycles. The second-order valence-electron chi connectivity index (χ2n) is 0. The van der Waals surface area contributed by atoms with Gasteiger partial charge in [0.1, 0.15) is 0 Å². The van der Waals surface area contributed by atoms with E-state index in [1.165, 1.54) is 0 Å². The molecule has 2 unspecified atom stereocenters. The van der Waals surface area contributed by atoms with Gasteiger partial charge in [0.25, 0.3) is 0 Å². The zero-order valence-electron chi connectivity index (χ0n) is 2.31. The largest absolute Gasteiger partial charge is 0.118 e. The van der Waals surface area contributed by atoms with E-state index >= 15 is 0 Å². The molecule has 0 bridgehead atoms. The predicted molar refractivity (Wildman–Crippen MR) is 19.4 cm³/mol. The average molecular weight is 244 g/mol. The molecule has 2 radical (unpaired) electrons. The van der Waals surface area contributed by atoms with Crippen molar-refractivity contribution < 1.29 is 65.4 Å². The maximum absolute atomic E-state index is 2.33. The van der Waals surface area contributed by atoms with Gasteiger partial charge in [-0.3, -0.25) is 0 Å². The van der Waals surface area contributed by atoms with Gasteiger partial charge in [0.05, 0.1) is 0 Å².